The van der Waals surface area contributed by atoms with Crippen molar-refractivity contribution in [1.82, 2.24) is 15.3 Å². The van der Waals surface area contributed by atoms with E-state index in [0.29, 0.717) is 0 Å². The minimum absolute atomic E-state index is 0.155. The third-order valence-electron chi connectivity index (χ3n) is 3.92. The van der Waals surface area contributed by atoms with Crippen molar-refractivity contribution < 1.29 is 5.11 Å². The normalized spacial score (nSPS) is 14.3. The summed E-state index contributed by atoms with van der Waals surface area (Å²) in [5.41, 5.74) is 3.17. The second kappa shape index (κ2) is 7.96. The molecule has 0 spiro atoms. The van der Waals surface area contributed by atoms with Crippen molar-refractivity contribution in [2.24, 2.45) is 0 Å². The van der Waals surface area contributed by atoms with Crippen LogP contribution in [0.5, 0.6) is 0 Å². The first kappa shape index (κ1) is 17.4. The Kier molecular flexibility index (Phi) is 6.92. The standard InChI is InChI=1S/C15H27N3OS/c1-11-12(2)17-14(18-13(11)3)20-9-7-6-8-15(4,10-19)16-5/h16,19H,6-10H2,1-5H3. The molecule has 114 valence electrons. The quantitative estimate of drug-likeness (QED) is 0.439. The van der Waals surface area contributed by atoms with Crippen LogP contribution < -0.4 is 5.32 Å². The Morgan fingerprint density at radius 1 is 1.15 bits per heavy atom. The summed E-state index contributed by atoms with van der Waals surface area (Å²) in [6.07, 6.45) is 3.18. The molecule has 1 heterocycles. The third-order valence-corrected chi connectivity index (χ3v) is 4.85. The van der Waals surface area contributed by atoms with Crippen LogP contribution in [-0.2, 0) is 0 Å². The van der Waals surface area contributed by atoms with Crippen molar-refractivity contribution in [2.75, 3.05) is 19.4 Å². The molecule has 1 rings (SSSR count). The number of aromatic nitrogens is 2. The number of hydrogen-bond acceptors (Lipinski definition) is 5. The van der Waals surface area contributed by atoms with Crippen LogP contribution in [0.1, 0.15) is 43.1 Å². The first-order valence-corrected chi connectivity index (χ1v) is 8.15. The van der Waals surface area contributed by atoms with E-state index in [-0.39, 0.29) is 12.1 Å². The highest BCUT2D eigenvalue weighted by Gasteiger charge is 2.19. The van der Waals surface area contributed by atoms with Crippen LogP contribution in [0.2, 0.25) is 0 Å². The van der Waals surface area contributed by atoms with Crippen LogP contribution in [0.15, 0.2) is 5.16 Å². The summed E-state index contributed by atoms with van der Waals surface area (Å²) in [5.74, 6) is 1.02. The van der Waals surface area contributed by atoms with E-state index < -0.39 is 0 Å². The van der Waals surface area contributed by atoms with E-state index in [1.165, 1.54) is 5.56 Å². The highest BCUT2D eigenvalue weighted by molar-refractivity contribution is 7.99. The fourth-order valence-corrected chi connectivity index (χ4v) is 2.80. The van der Waals surface area contributed by atoms with Crippen LogP contribution in [0, 0.1) is 20.8 Å². The number of likely N-dealkylation sites (N-methyl/N-ethyl adjacent to an activating group) is 1. The Bertz CT molecular complexity index is 410. The molecule has 2 N–H and O–H groups in total. The number of rotatable bonds is 8. The van der Waals surface area contributed by atoms with E-state index in [1.807, 2.05) is 20.9 Å². The Hall–Kier alpha value is -0.650. The summed E-state index contributed by atoms with van der Waals surface area (Å²) >= 11 is 1.72. The van der Waals surface area contributed by atoms with Gasteiger partial charge in [-0.3, -0.25) is 0 Å². The second-order valence-electron chi connectivity index (χ2n) is 5.58. The molecule has 0 aliphatic carbocycles. The second-order valence-corrected chi connectivity index (χ2v) is 6.64. The zero-order valence-corrected chi connectivity index (χ0v) is 14.1. The van der Waals surface area contributed by atoms with Gasteiger partial charge in [0, 0.05) is 22.7 Å². The van der Waals surface area contributed by atoms with E-state index in [4.69, 9.17) is 0 Å². The zero-order valence-electron chi connectivity index (χ0n) is 13.3. The van der Waals surface area contributed by atoms with Crippen LogP contribution >= 0.6 is 11.8 Å². The van der Waals surface area contributed by atoms with Crippen LogP contribution in [0.25, 0.3) is 0 Å². The summed E-state index contributed by atoms with van der Waals surface area (Å²) in [4.78, 5) is 9.02. The van der Waals surface area contributed by atoms with Gasteiger partial charge in [-0.15, -0.1) is 0 Å². The van der Waals surface area contributed by atoms with Gasteiger partial charge in [0.25, 0.3) is 0 Å². The summed E-state index contributed by atoms with van der Waals surface area (Å²) in [5, 5.41) is 13.4. The minimum Gasteiger partial charge on any atom is -0.394 e. The van der Waals surface area contributed by atoms with Crippen molar-refractivity contribution in [3.05, 3.63) is 17.0 Å². The lowest BCUT2D eigenvalue weighted by atomic mass is 9.96. The molecule has 1 aromatic heterocycles. The third kappa shape index (κ3) is 5.04. The number of nitrogens with zero attached hydrogens (tertiary/aromatic N) is 2. The van der Waals surface area contributed by atoms with Gasteiger partial charge in [0.2, 0.25) is 0 Å². The van der Waals surface area contributed by atoms with E-state index in [1.54, 1.807) is 11.8 Å². The lowest BCUT2D eigenvalue weighted by Crippen LogP contribution is -2.43. The Balaban J connectivity index is 2.35. The van der Waals surface area contributed by atoms with Gasteiger partial charge in [-0.25, -0.2) is 9.97 Å². The van der Waals surface area contributed by atoms with Gasteiger partial charge >= 0.3 is 0 Å². The van der Waals surface area contributed by atoms with Gasteiger partial charge in [-0.1, -0.05) is 18.2 Å². The molecule has 1 unspecified atom stereocenters. The van der Waals surface area contributed by atoms with E-state index >= 15 is 0 Å². The van der Waals surface area contributed by atoms with E-state index in [9.17, 15) is 5.11 Å². The molecule has 0 bridgehead atoms. The molecule has 0 fully saturated rings. The van der Waals surface area contributed by atoms with Crippen molar-refractivity contribution in [3.63, 3.8) is 0 Å². The molecule has 1 aromatic rings. The average molecular weight is 297 g/mol. The van der Waals surface area contributed by atoms with Crippen LogP contribution in [0.3, 0.4) is 0 Å². The lowest BCUT2D eigenvalue weighted by Gasteiger charge is -2.26. The minimum atomic E-state index is -0.155. The van der Waals surface area contributed by atoms with Gasteiger partial charge in [0.15, 0.2) is 5.16 Å². The maximum absolute atomic E-state index is 9.32. The highest BCUT2D eigenvalue weighted by atomic mass is 32.2. The molecule has 0 radical (unpaired) electrons. The fourth-order valence-electron chi connectivity index (χ4n) is 1.87. The molecule has 0 amide bonds. The SMILES string of the molecule is CNC(C)(CO)CCCCSc1nc(C)c(C)c(C)n1. The van der Waals surface area contributed by atoms with Gasteiger partial charge in [0.05, 0.1) is 6.61 Å². The summed E-state index contributed by atoms with van der Waals surface area (Å²) in [6.45, 7) is 8.36. The van der Waals surface area contributed by atoms with Gasteiger partial charge in [-0.2, -0.15) is 0 Å². The molecule has 1 atom stereocenters. The largest absolute Gasteiger partial charge is 0.394 e. The summed E-state index contributed by atoms with van der Waals surface area (Å²) in [7, 11) is 1.90. The van der Waals surface area contributed by atoms with Gasteiger partial charge in [0.1, 0.15) is 0 Å². The van der Waals surface area contributed by atoms with Crippen molar-refractivity contribution >= 4 is 11.8 Å². The first-order chi connectivity index (χ1) is 9.41. The zero-order chi connectivity index (χ0) is 15.2. The lowest BCUT2D eigenvalue weighted by molar-refractivity contribution is 0.171. The number of thioether (sulfide) groups is 1. The molecule has 20 heavy (non-hydrogen) atoms. The molecular weight excluding hydrogens is 270 g/mol. The molecule has 5 heteroatoms. The van der Waals surface area contributed by atoms with E-state index in [0.717, 1.165) is 41.6 Å². The molecule has 0 aliphatic rings. The number of nitrogens with one attached hydrogen (secondary N) is 1. The number of hydrogen-bond donors (Lipinski definition) is 2. The molecule has 0 saturated carbocycles. The number of aliphatic hydroxyl groups is 1. The van der Waals surface area contributed by atoms with Crippen molar-refractivity contribution in [2.45, 2.75) is 57.7 Å². The Morgan fingerprint density at radius 3 is 2.25 bits per heavy atom. The molecule has 4 nitrogen and oxygen atoms in total. The van der Waals surface area contributed by atoms with Gasteiger partial charge in [-0.05, 0) is 53.1 Å². The maximum Gasteiger partial charge on any atom is 0.187 e. The number of aliphatic hydroxyl groups excluding tert-OH is 1. The molecule has 0 aliphatic heterocycles. The average Bonchev–Trinajstić information content (AvgIpc) is 2.44. The van der Waals surface area contributed by atoms with Crippen molar-refractivity contribution in [1.29, 1.82) is 0 Å². The van der Waals surface area contributed by atoms with Gasteiger partial charge < -0.3 is 10.4 Å². The maximum atomic E-state index is 9.32. The van der Waals surface area contributed by atoms with Crippen LogP contribution in [0.4, 0.5) is 0 Å². The Morgan fingerprint density at radius 2 is 1.75 bits per heavy atom. The number of unbranched alkanes of at least 4 members (excludes halogenated alkanes) is 1. The van der Waals surface area contributed by atoms with Crippen LogP contribution in [-0.4, -0.2) is 40.0 Å². The predicted octanol–water partition coefficient (Wildman–Crippen LogP) is 2.63. The molecular formula is C15H27N3OS. The summed E-state index contributed by atoms with van der Waals surface area (Å²) < 4.78 is 0. The highest BCUT2D eigenvalue weighted by Crippen LogP contribution is 2.20. The topological polar surface area (TPSA) is 58.0 Å². The first-order valence-electron chi connectivity index (χ1n) is 7.16. The van der Waals surface area contributed by atoms with Crippen molar-refractivity contribution in [3.8, 4) is 0 Å². The Labute approximate surface area is 126 Å². The smallest absolute Gasteiger partial charge is 0.187 e. The summed E-state index contributed by atoms with van der Waals surface area (Å²) in [6, 6.07) is 0. The predicted molar refractivity (Wildman–Crippen MR) is 85.4 cm³/mol. The number of aryl methyl sites for hydroxylation is 2. The van der Waals surface area contributed by atoms with E-state index in [2.05, 4.69) is 29.1 Å². The fraction of sp³-hybridized carbons (Fsp3) is 0.733. The molecule has 0 aromatic carbocycles. The molecule has 0 saturated heterocycles. The monoisotopic (exact) mass is 297 g/mol.